The summed E-state index contributed by atoms with van der Waals surface area (Å²) in [5.41, 5.74) is 0. The minimum Gasteiger partial charge on any atom is -0.383 e. The minimum absolute atomic E-state index is 0.150. The maximum Gasteiger partial charge on any atom is 0.244 e. The molecule has 0 fully saturated rings. The van der Waals surface area contributed by atoms with Crippen LogP contribution in [-0.2, 0) is 14.8 Å². The van der Waals surface area contributed by atoms with Gasteiger partial charge in [0.2, 0.25) is 10.0 Å². The fourth-order valence-electron chi connectivity index (χ4n) is 1.49. The highest BCUT2D eigenvalue weighted by Crippen LogP contribution is 2.31. The molecule has 0 aromatic heterocycles. The van der Waals surface area contributed by atoms with Gasteiger partial charge in [-0.05, 0) is 12.1 Å². The highest BCUT2D eigenvalue weighted by molar-refractivity contribution is 9.09. The molecule has 1 unspecified atom stereocenters. The Balaban J connectivity index is 3.08. The van der Waals surface area contributed by atoms with Crippen LogP contribution in [-0.4, -0.2) is 44.9 Å². The van der Waals surface area contributed by atoms with Crippen molar-refractivity contribution in [3.05, 3.63) is 28.0 Å². The zero-order valence-corrected chi connectivity index (χ0v) is 14.7. The summed E-state index contributed by atoms with van der Waals surface area (Å²) >= 11 is 14.6. The first-order chi connectivity index (χ1) is 9.21. The van der Waals surface area contributed by atoms with E-state index in [4.69, 9.17) is 27.9 Å². The molecule has 0 bridgehead atoms. The third-order valence-electron chi connectivity index (χ3n) is 2.49. The maximum absolute atomic E-state index is 13.6. The lowest BCUT2D eigenvalue weighted by atomic mass is 10.3. The monoisotopic (exact) mass is 407 g/mol. The van der Waals surface area contributed by atoms with Gasteiger partial charge >= 0.3 is 0 Å². The predicted octanol–water partition coefficient (Wildman–Crippen LogP) is 3.16. The molecule has 0 saturated heterocycles. The van der Waals surface area contributed by atoms with Gasteiger partial charge in [-0.15, -0.1) is 0 Å². The first-order valence-electron chi connectivity index (χ1n) is 5.44. The van der Waals surface area contributed by atoms with E-state index >= 15 is 0 Å². The second-order valence-corrected chi connectivity index (χ2v) is 8.11. The third-order valence-corrected chi connectivity index (χ3v) is 5.68. The van der Waals surface area contributed by atoms with E-state index < -0.39 is 20.9 Å². The van der Waals surface area contributed by atoms with Crippen molar-refractivity contribution in [1.82, 2.24) is 4.31 Å². The lowest BCUT2D eigenvalue weighted by Gasteiger charge is -2.20. The molecule has 0 radical (unpaired) electrons. The van der Waals surface area contributed by atoms with Crippen LogP contribution in [0.2, 0.25) is 10.0 Å². The molecule has 0 aliphatic heterocycles. The van der Waals surface area contributed by atoms with Crippen molar-refractivity contribution in [2.45, 2.75) is 9.72 Å². The molecule has 0 N–H and O–H groups in total. The summed E-state index contributed by atoms with van der Waals surface area (Å²) in [6, 6.07) is 2.34. The number of hydrogen-bond acceptors (Lipinski definition) is 3. The molecule has 1 aromatic carbocycles. The Morgan fingerprint density at radius 1 is 1.45 bits per heavy atom. The molecule has 0 heterocycles. The van der Waals surface area contributed by atoms with E-state index in [0.29, 0.717) is 6.61 Å². The predicted molar refractivity (Wildman–Crippen MR) is 80.8 cm³/mol. The van der Waals surface area contributed by atoms with Crippen LogP contribution in [0.3, 0.4) is 0 Å². The third kappa shape index (κ3) is 4.05. The molecule has 1 atom stereocenters. The molecule has 1 aromatic rings. The van der Waals surface area contributed by atoms with Gasteiger partial charge in [-0.2, -0.15) is 4.31 Å². The Kier molecular flexibility index (Phi) is 6.69. The zero-order chi connectivity index (χ0) is 15.5. The Morgan fingerprint density at radius 3 is 2.60 bits per heavy atom. The lowest BCUT2D eigenvalue weighted by molar-refractivity contribution is 0.195. The van der Waals surface area contributed by atoms with Crippen molar-refractivity contribution < 1.29 is 17.5 Å². The van der Waals surface area contributed by atoms with Crippen LogP contribution in [0.25, 0.3) is 0 Å². The molecule has 20 heavy (non-hydrogen) atoms. The minimum atomic E-state index is -3.91. The largest absolute Gasteiger partial charge is 0.383 e. The Bertz CT molecular complexity index is 585. The molecule has 114 valence electrons. The van der Waals surface area contributed by atoms with Gasteiger partial charge in [0, 0.05) is 20.7 Å². The zero-order valence-electron chi connectivity index (χ0n) is 10.7. The van der Waals surface area contributed by atoms with E-state index in [1.54, 1.807) is 0 Å². The molecule has 0 aliphatic carbocycles. The summed E-state index contributed by atoms with van der Waals surface area (Å²) in [6.07, 6.45) is 0. The van der Waals surface area contributed by atoms with Crippen LogP contribution in [0.4, 0.5) is 4.39 Å². The van der Waals surface area contributed by atoms with Crippen LogP contribution in [0.1, 0.15) is 0 Å². The highest BCUT2D eigenvalue weighted by Gasteiger charge is 2.27. The lowest BCUT2D eigenvalue weighted by Crippen LogP contribution is -2.34. The number of sulfonamides is 1. The topological polar surface area (TPSA) is 46.6 Å². The normalized spacial score (nSPS) is 13.8. The number of hydrogen-bond donors (Lipinski definition) is 0. The second-order valence-electron chi connectivity index (χ2n) is 4.01. The Labute approximate surface area is 136 Å². The van der Waals surface area contributed by atoms with Gasteiger partial charge in [-0.25, -0.2) is 12.8 Å². The van der Waals surface area contributed by atoms with E-state index in [2.05, 4.69) is 15.9 Å². The first-order valence-corrected chi connectivity index (χ1v) is 8.55. The van der Waals surface area contributed by atoms with Crippen LogP contribution in [0.5, 0.6) is 0 Å². The smallest absolute Gasteiger partial charge is 0.244 e. The molecule has 0 spiro atoms. The van der Waals surface area contributed by atoms with Crippen molar-refractivity contribution in [2.75, 3.05) is 27.3 Å². The molecule has 1 rings (SSSR count). The van der Waals surface area contributed by atoms with Gasteiger partial charge in [0.15, 0.2) is 5.82 Å². The Morgan fingerprint density at radius 2 is 2.05 bits per heavy atom. The number of ether oxygens (including phenoxy) is 1. The van der Waals surface area contributed by atoms with Gasteiger partial charge in [-0.3, -0.25) is 0 Å². The van der Waals surface area contributed by atoms with Gasteiger partial charge in [0.25, 0.3) is 0 Å². The van der Waals surface area contributed by atoms with Crippen molar-refractivity contribution in [3.8, 4) is 0 Å². The highest BCUT2D eigenvalue weighted by atomic mass is 79.9. The second kappa shape index (κ2) is 7.38. The van der Waals surface area contributed by atoms with Gasteiger partial charge in [-0.1, -0.05) is 39.1 Å². The number of halogens is 4. The van der Waals surface area contributed by atoms with Crippen molar-refractivity contribution in [3.63, 3.8) is 0 Å². The average molecular weight is 409 g/mol. The van der Waals surface area contributed by atoms with Crippen LogP contribution < -0.4 is 0 Å². The van der Waals surface area contributed by atoms with Crippen LogP contribution in [0, 0.1) is 5.82 Å². The first kappa shape index (κ1) is 18.1. The summed E-state index contributed by atoms with van der Waals surface area (Å²) in [4.78, 5) is -0.510. The van der Waals surface area contributed by atoms with E-state index in [-0.39, 0.29) is 21.3 Å². The van der Waals surface area contributed by atoms with E-state index in [1.165, 1.54) is 20.2 Å². The molecule has 9 heteroatoms. The molecule has 4 nitrogen and oxygen atoms in total. The maximum atomic E-state index is 13.6. The fourth-order valence-corrected chi connectivity index (χ4v) is 4.31. The van der Waals surface area contributed by atoms with E-state index in [1.807, 2.05) is 0 Å². The molecule has 0 aliphatic rings. The standard InChI is InChI=1S/C11H13BrCl2FNO3S/c1-16(5-7(12)6-19-2)20(17,18)9-4-3-8(13)11(15)10(9)14/h3-4,7H,5-6H2,1-2H3. The number of nitrogens with zero attached hydrogens (tertiary/aromatic N) is 1. The van der Waals surface area contributed by atoms with Crippen molar-refractivity contribution >= 4 is 49.2 Å². The summed E-state index contributed by atoms with van der Waals surface area (Å²) in [5, 5.41) is -0.739. The molecule has 0 amide bonds. The molecular weight excluding hydrogens is 396 g/mol. The van der Waals surface area contributed by atoms with E-state index in [9.17, 15) is 12.8 Å². The van der Waals surface area contributed by atoms with Crippen LogP contribution >= 0.6 is 39.1 Å². The summed E-state index contributed by atoms with van der Waals surface area (Å²) in [5.74, 6) is -0.949. The molecule has 0 saturated carbocycles. The van der Waals surface area contributed by atoms with Gasteiger partial charge in [0.05, 0.1) is 21.5 Å². The quantitative estimate of drug-likeness (QED) is 0.536. The fraction of sp³-hybridized carbons (Fsp3) is 0.455. The van der Waals surface area contributed by atoms with Crippen molar-refractivity contribution in [2.24, 2.45) is 0 Å². The molecular formula is C11H13BrCl2FNO3S. The number of alkyl halides is 1. The SMILES string of the molecule is COCC(Br)CN(C)S(=O)(=O)c1ccc(Cl)c(F)c1Cl. The Hall–Kier alpha value is 0.0800. The summed E-state index contributed by atoms with van der Waals surface area (Å²) in [6.45, 7) is 0.485. The van der Waals surface area contributed by atoms with Gasteiger partial charge < -0.3 is 4.74 Å². The van der Waals surface area contributed by atoms with E-state index in [0.717, 1.165) is 10.4 Å². The average Bonchev–Trinajstić information content (AvgIpc) is 2.35. The summed E-state index contributed by atoms with van der Waals surface area (Å²) in [7, 11) is -1.02. The number of rotatable bonds is 6. The van der Waals surface area contributed by atoms with Crippen LogP contribution in [0.15, 0.2) is 17.0 Å². The van der Waals surface area contributed by atoms with Crippen molar-refractivity contribution in [1.29, 1.82) is 0 Å². The number of benzene rings is 1. The van der Waals surface area contributed by atoms with Gasteiger partial charge in [0.1, 0.15) is 4.90 Å². The number of methoxy groups -OCH3 is 1. The summed E-state index contributed by atoms with van der Waals surface area (Å²) < 4.78 is 44.2.